The highest BCUT2D eigenvalue weighted by Gasteiger charge is 2.35. The molecule has 2 amide bonds. The summed E-state index contributed by atoms with van der Waals surface area (Å²) < 4.78 is 11.8. The molecule has 0 aromatic heterocycles. The molecule has 0 unspecified atom stereocenters. The molecule has 2 aliphatic rings. The van der Waals surface area contributed by atoms with Crippen LogP contribution in [0.1, 0.15) is 67.2 Å². The maximum atomic E-state index is 12.6. The lowest BCUT2D eigenvalue weighted by atomic mass is 9.92. The van der Waals surface area contributed by atoms with E-state index in [9.17, 15) is 4.79 Å². The molecule has 1 saturated carbocycles. The van der Waals surface area contributed by atoms with Crippen LogP contribution >= 0.6 is 0 Å². The first kappa shape index (κ1) is 18.5. The van der Waals surface area contributed by atoms with Gasteiger partial charge in [-0.1, -0.05) is 0 Å². The molecule has 0 aromatic rings. The predicted molar refractivity (Wildman–Crippen MR) is 91.6 cm³/mol. The van der Waals surface area contributed by atoms with Gasteiger partial charge in [0, 0.05) is 6.04 Å². The van der Waals surface area contributed by atoms with Crippen LogP contribution in [-0.4, -0.2) is 53.5 Å². The molecule has 0 aromatic carbocycles. The molecule has 1 aliphatic heterocycles. The van der Waals surface area contributed by atoms with Crippen molar-refractivity contribution in [1.82, 2.24) is 10.2 Å². The van der Waals surface area contributed by atoms with Crippen molar-refractivity contribution in [2.75, 3.05) is 13.2 Å². The van der Waals surface area contributed by atoms with Gasteiger partial charge in [-0.15, -0.1) is 0 Å². The second kappa shape index (κ2) is 6.98. The number of hydrogen-bond donors (Lipinski definition) is 1. The first-order valence-electron chi connectivity index (χ1n) is 8.95. The number of amides is 2. The number of hydrogen-bond acceptors (Lipinski definition) is 3. The Labute approximate surface area is 141 Å². The van der Waals surface area contributed by atoms with E-state index in [0.29, 0.717) is 19.3 Å². The van der Waals surface area contributed by atoms with E-state index in [0.717, 1.165) is 25.7 Å². The van der Waals surface area contributed by atoms with Gasteiger partial charge in [-0.3, -0.25) is 0 Å². The smallest absolute Gasteiger partial charge is 0.318 e. The fourth-order valence-corrected chi connectivity index (χ4v) is 3.40. The Balaban J connectivity index is 1.80. The highest BCUT2D eigenvalue weighted by atomic mass is 16.5. The minimum atomic E-state index is -0.262. The molecule has 134 valence electrons. The molecule has 1 heterocycles. The van der Waals surface area contributed by atoms with Gasteiger partial charge in [0.2, 0.25) is 0 Å². The van der Waals surface area contributed by atoms with Crippen molar-refractivity contribution in [3.05, 3.63) is 0 Å². The molecular weight excluding hydrogens is 292 g/mol. The van der Waals surface area contributed by atoms with E-state index in [4.69, 9.17) is 9.47 Å². The van der Waals surface area contributed by atoms with E-state index in [-0.39, 0.29) is 29.3 Å². The van der Waals surface area contributed by atoms with E-state index in [1.165, 1.54) is 0 Å². The van der Waals surface area contributed by atoms with Gasteiger partial charge in [-0.25, -0.2) is 4.79 Å². The zero-order valence-electron chi connectivity index (χ0n) is 15.6. The predicted octanol–water partition coefficient (Wildman–Crippen LogP) is 3.32. The van der Waals surface area contributed by atoms with Gasteiger partial charge >= 0.3 is 6.03 Å². The van der Waals surface area contributed by atoms with Gasteiger partial charge in [-0.2, -0.15) is 0 Å². The molecule has 1 aliphatic carbocycles. The normalized spacial score (nSPS) is 31.7. The SMILES string of the molecule is C[C@H]1COC(C)(C)CN1C(=O)NC1CCC(OC(C)(C)C)CC1. The summed E-state index contributed by atoms with van der Waals surface area (Å²) in [6, 6.07) is 0.443. The Hall–Kier alpha value is -0.810. The molecule has 0 spiro atoms. The van der Waals surface area contributed by atoms with Gasteiger partial charge < -0.3 is 19.7 Å². The number of morpholine rings is 1. The van der Waals surface area contributed by atoms with Crippen LogP contribution in [0.3, 0.4) is 0 Å². The summed E-state index contributed by atoms with van der Waals surface area (Å²) in [5, 5.41) is 3.22. The van der Waals surface area contributed by atoms with E-state index in [2.05, 4.69) is 26.1 Å². The van der Waals surface area contributed by atoms with Crippen molar-refractivity contribution >= 4 is 6.03 Å². The van der Waals surface area contributed by atoms with Crippen molar-refractivity contribution in [1.29, 1.82) is 0 Å². The number of carbonyl (C=O) groups excluding carboxylic acids is 1. The van der Waals surface area contributed by atoms with Crippen LogP contribution in [0.5, 0.6) is 0 Å². The number of carbonyl (C=O) groups is 1. The Bertz CT molecular complexity index is 409. The quantitative estimate of drug-likeness (QED) is 0.847. The monoisotopic (exact) mass is 326 g/mol. The summed E-state index contributed by atoms with van der Waals surface area (Å²) in [7, 11) is 0. The molecule has 0 radical (unpaired) electrons. The second-order valence-electron chi connectivity index (χ2n) is 8.70. The maximum Gasteiger partial charge on any atom is 0.318 e. The van der Waals surface area contributed by atoms with Crippen molar-refractivity contribution < 1.29 is 14.3 Å². The fourth-order valence-electron chi connectivity index (χ4n) is 3.40. The van der Waals surface area contributed by atoms with Gasteiger partial charge in [0.1, 0.15) is 0 Å². The van der Waals surface area contributed by atoms with E-state index >= 15 is 0 Å². The third kappa shape index (κ3) is 5.64. The van der Waals surface area contributed by atoms with Crippen LogP contribution in [0.2, 0.25) is 0 Å². The van der Waals surface area contributed by atoms with Gasteiger partial charge in [-0.05, 0) is 67.2 Å². The molecule has 1 saturated heterocycles. The lowest BCUT2D eigenvalue weighted by Crippen LogP contribution is -2.59. The molecule has 1 N–H and O–H groups in total. The third-order valence-corrected chi connectivity index (χ3v) is 4.58. The molecule has 1 atom stereocenters. The van der Waals surface area contributed by atoms with Crippen LogP contribution in [0.15, 0.2) is 0 Å². The summed E-state index contributed by atoms with van der Waals surface area (Å²) in [6.45, 7) is 13.7. The number of nitrogens with one attached hydrogen (secondary N) is 1. The minimum absolute atomic E-state index is 0.0501. The summed E-state index contributed by atoms with van der Waals surface area (Å²) in [5.41, 5.74) is -0.350. The molecule has 23 heavy (non-hydrogen) atoms. The average Bonchev–Trinajstić information content (AvgIpc) is 2.42. The maximum absolute atomic E-state index is 12.6. The number of urea groups is 1. The van der Waals surface area contributed by atoms with Crippen LogP contribution in [0.4, 0.5) is 4.79 Å². The first-order chi connectivity index (χ1) is 10.6. The Morgan fingerprint density at radius 3 is 2.39 bits per heavy atom. The standard InChI is InChI=1S/C18H34N2O3/c1-13-11-22-18(5,6)12-20(13)16(21)19-14-7-9-15(10-8-14)23-17(2,3)4/h13-15H,7-12H2,1-6H3,(H,19,21)/t13-,14?,15?/m0/s1. The summed E-state index contributed by atoms with van der Waals surface area (Å²) >= 11 is 0. The van der Waals surface area contributed by atoms with Crippen LogP contribution in [0.25, 0.3) is 0 Å². The van der Waals surface area contributed by atoms with Crippen molar-refractivity contribution in [3.63, 3.8) is 0 Å². The molecule has 5 nitrogen and oxygen atoms in total. The van der Waals surface area contributed by atoms with E-state index in [1.54, 1.807) is 0 Å². The van der Waals surface area contributed by atoms with Crippen molar-refractivity contribution in [2.45, 2.75) is 96.6 Å². The lowest BCUT2D eigenvalue weighted by Gasteiger charge is -2.43. The molecule has 2 rings (SSSR count). The topological polar surface area (TPSA) is 50.8 Å². The highest BCUT2D eigenvalue weighted by Crippen LogP contribution is 2.26. The Morgan fingerprint density at radius 1 is 1.22 bits per heavy atom. The third-order valence-electron chi connectivity index (χ3n) is 4.58. The lowest BCUT2D eigenvalue weighted by molar-refractivity contribution is -0.0960. The molecule has 0 bridgehead atoms. The van der Waals surface area contributed by atoms with Crippen LogP contribution in [-0.2, 0) is 9.47 Å². The number of nitrogens with zero attached hydrogens (tertiary/aromatic N) is 1. The van der Waals surface area contributed by atoms with Gasteiger partial charge in [0.25, 0.3) is 0 Å². The average molecular weight is 326 g/mol. The zero-order chi connectivity index (χ0) is 17.3. The molecule has 5 heteroatoms. The van der Waals surface area contributed by atoms with Crippen LogP contribution < -0.4 is 5.32 Å². The van der Waals surface area contributed by atoms with Crippen molar-refractivity contribution in [3.8, 4) is 0 Å². The van der Waals surface area contributed by atoms with E-state index in [1.807, 2.05) is 25.7 Å². The first-order valence-corrected chi connectivity index (χ1v) is 8.95. The fraction of sp³-hybridized carbons (Fsp3) is 0.944. The zero-order valence-corrected chi connectivity index (χ0v) is 15.6. The van der Waals surface area contributed by atoms with Gasteiger partial charge in [0.05, 0.1) is 36.5 Å². The number of rotatable bonds is 2. The second-order valence-corrected chi connectivity index (χ2v) is 8.70. The highest BCUT2D eigenvalue weighted by molar-refractivity contribution is 5.75. The van der Waals surface area contributed by atoms with Crippen LogP contribution in [0, 0.1) is 0 Å². The Morgan fingerprint density at radius 2 is 1.83 bits per heavy atom. The van der Waals surface area contributed by atoms with Crippen molar-refractivity contribution in [2.24, 2.45) is 0 Å². The summed E-state index contributed by atoms with van der Waals surface area (Å²) in [4.78, 5) is 14.5. The number of ether oxygens (including phenoxy) is 2. The minimum Gasteiger partial charge on any atom is -0.373 e. The van der Waals surface area contributed by atoms with E-state index < -0.39 is 0 Å². The largest absolute Gasteiger partial charge is 0.373 e. The molecule has 2 fully saturated rings. The van der Waals surface area contributed by atoms with Gasteiger partial charge in [0.15, 0.2) is 0 Å². The molecular formula is C18H34N2O3. The Kier molecular flexibility index (Phi) is 5.62. The summed E-state index contributed by atoms with van der Waals surface area (Å²) in [6.07, 6.45) is 4.35. The summed E-state index contributed by atoms with van der Waals surface area (Å²) in [5.74, 6) is 0.